The van der Waals surface area contributed by atoms with Crippen LogP contribution < -0.4 is 4.74 Å². The number of hydrogen-bond donors (Lipinski definition) is 0. The van der Waals surface area contributed by atoms with Crippen LogP contribution in [0, 0.1) is 5.82 Å². The van der Waals surface area contributed by atoms with E-state index >= 15 is 0 Å². The minimum absolute atomic E-state index is 0.246. The standard InChI is InChI=1S/C14H8Br2FNOS/c1-19-13-9(15)4-7(5-10(13)16)14-18-11-3-2-8(17)6-12(11)20-14/h2-6H,1H3. The Kier molecular flexibility index (Phi) is 3.79. The van der Waals surface area contributed by atoms with Crippen LogP contribution in [0.25, 0.3) is 20.8 Å². The third-order valence-corrected chi connectivity index (χ3v) is 5.05. The minimum atomic E-state index is -0.246. The van der Waals surface area contributed by atoms with E-state index in [-0.39, 0.29) is 5.82 Å². The van der Waals surface area contributed by atoms with Crippen molar-refractivity contribution in [2.75, 3.05) is 7.11 Å². The van der Waals surface area contributed by atoms with Gasteiger partial charge in [-0.15, -0.1) is 11.3 Å². The van der Waals surface area contributed by atoms with Gasteiger partial charge in [0.2, 0.25) is 0 Å². The van der Waals surface area contributed by atoms with Gasteiger partial charge in [0.05, 0.1) is 26.3 Å². The number of fused-ring (bicyclic) bond motifs is 1. The molecule has 2 nitrogen and oxygen atoms in total. The Bertz CT molecular complexity index is 780. The molecular weight excluding hydrogens is 409 g/mol. The van der Waals surface area contributed by atoms with Gasteiger partial charge in [-0.1, -0.05) is 0 Å². The molecule has 0 saturated carbocycles. The summed E-state index contributed by atoms with van der Waals surface area (Å²) in [4.78, 5) is 4.53. The first-order valence-electron chi connectivity index (χ1n) is 5.68. The predicted molar refractivity (Wildman–Crippen MR) is 87.0 cm³/mol. The number of thiazole rings is 1. The lowest BCUT2D eigenvalue weighted by Gasteiger charge is -2.07. The monoisotopic (exact) mass is 415 g/mol. The summed E-state index contributed by atoms with van der Waals surface area (Å²) in [7, 11) is 1.62. The van der Waals surface area contributed by atoms with Crippen LogP contribution in [0.2, 0.25) is 0 Å². The van der Waals surface area contributed by atoms with Crippen molar-refractivity contribution in [1.82, 2.24) is 4.98 Å². The number of methoxy groups -OCH3 is 1. The highest BCUT2D eigenvalue weighted by atomic mass is 79.9. The molecule has 0 atom stereocenters. The molecule has 6 heteroatoms. The first-order chi connectivity index (χ1) is 9.58. The molecule has 1 aromatic heterocycles. The van der Waals surface area contributed by atoms with E-state index in [2.05, 4.69) is 36.8 Å². The van der Waals surface area contributed by atoms with Gasteiger partial charge in [-0.3, -0.25) is 0 Å². The average molecular weight is 417 g/mol. The van der Waals surface area contributed by atoms with E-state index in [1.807, 2.05) is 12.1 Å². The molecule has 102 valence electrons. The van der Waals surface area contributed by atoms with E-state index in [9.17, 15) is 4.39 Å². The molecule has 0 aliphatic heterocycles. The Labute approximate surface area is 135 Å². The summed E-state index contributed by atoms with van der Waals surface area (Å²) in [5, 5.41) is 0.842. The summed E-state index contributed by atoms with van der Waals surface area (Å²) in [6, 6.07) is 8.50. The Morgan fingerprint density at radius 2 is 1.85 bits per heavy atom. The molecule has 1 heterocycles. The van der Waals surface area contributed by atoms with Gasteiger partial charge in [0.25, 0.3) is 0 Å². The topological polar surface area (TPSA) is 22.1 Å². The van der Waals surface area contributed by atoms with Gasteiger partial charge in [-0.05, 0) is 62.2 Å². The third-order valence-electron chi connectivity index (χ3n) is 2.80. The molecule has 0 spiro atoms. The van der Waals surface area contributed by atoms with Crippen molar-refractivity contribution in [2.45, 2.75) is 0 Å². The number of hydrogen-bond acceptors (Lipinski definition) is 3. The zero-order valence-corrected chi connectivity index (χ0v) is 14.3. The third kappa shape index (κ3) is 2.47. The van der Waals surface area contributed by atoms with E-state index in [1.165, 1.54) is 23.5 Å². The van der Waals surface area contributed by atoms with Gasteiger partial charge in [-0.2, -0.15) is 0 Å². The Morgan fingerprint density at radius 3 is 2.50 bits per heavy atom. The molecule has 3 aromatic rings. The lowest BCUT2D eigenvalue weighted by molar-refractivity contribution is 0.409. The average Bonchev–Trinajstić information content (AvgIpc) is 2.81. The highest BCUT2D eigenvalue weighted by Crippen LogP contribution is 2.39. The number of aromatic nitrogens is 1. The predicted octanol–water partition coefficient (Wildman–Crippen LogP) is 5.64. The zero-order chi connectivity index (χ0) is 14.3. The van der Waals surface area contributed by atoms with Crippen molar-refractivity contribution in [2.24, 2.45) is 0 Å². The first kappa shape index (κ1) is 14.0. The van der Waals surface area contributed by atoms with E-state index in [1.54, 1.807) is 13.2 Å². The summed E-state index contributed by atoms with van der Waals surface area (Å²) in [5.74, 6) is 0.491. The summed E-state index contributed by atoms with van der Waals surface area (Å²) in [6.07, 6.45) is 0. The lowest BCUT2D eigenvalue weighted by Crippen LogP contribution is -1.87. The van der Waals surface area contributed by atoms with Gasteiger partial charge in [0.15, 0.2) is 0 Å². The highest BCUT2D eigenvalue weighted by Gasteiger charge is 2.12. The van der Waals surface area contributed by atoms with E-state index < -0.39 is 0 Å². The SMILES string of the molecule is COc1c(Br)cc(-c2nc3ccc(F)cc3s2)cc1Br. The molecule has 0 saturated heterocycles. The van der Waals surface area contributed by atoms with Crippen LogP contribution in [0.15, 0.2) is 39.3 Å². The molecule has 0 amide bonds. The largest absolute Gasteiger partial charge is 0.494 e. The maximum absolute atomic E-state index is 13.2. The number of ether oxygens (including phenoxy) is 1. The Hall–Kier alpha value is -0.980. The van der Waals surface area contributed by atoms with Crippen LogP contribution in [-0.4, -0.2) is 12.1 Å². The van der Waals surface area contributed by atoms with E-state index in [0.717, 1.165) is 35.5 Å². The fourth-order valence-electron chi connectivity index (χ4n) is 1.90. The number of halogens is 3. The quantitative estimate of drug-likeness (QED) is 0.539. The maximum atomic E-state index is 13.2. The minimum Gasteiger partial charge on any atom is -0.494 e. The molecule has 3 rings (SSSR count). The molecule has 0 bridgehead atoms. The van der Waals surface area contributed by atoms with Crippen LogP contribution >= 0.6 is 43.2 Å². The van der Waals surface area contributed by atoms with Crippen molar-refractivity contribution < 1.29 is 9.13 Å². The second kappa shape index (κ2) is 5.42. The molecule has 0 fully saturated rings. The van der Waals surface area contributed by atoms with Gasteiger partial charge in [0, 0.05) is 5.56 Å². The zero-order valence-electron chi connectivity index (χ0n) is 10.3. The molecule has 0 unspecified atom stereocenters. The van der Waals surface area contributed by atoms with Gasteiger partial charge < -0.3 is 4.74 Å². The summed E-state index contributed by atoms with van der Waals surface area (Å²) in [5.41, 5.74) is 1.75. The smallest absolute Gasteiger partial charge is 0.147 e. The highest BCUT2D eigenvalue weighted by molar-refractivity contribution is 9.11. The maximum Gasteiger partial charge on any atom is 0.147 e. The number of nitrogens with zero attached hydrogens (tertiary/aromatic N) is 1. The van der Waals surface area contributed by atoms with Crippen LogP contribution in [0.3, 0.4) is 0 Å². The van der Waals surface area contributed by atoms with Crippen LogP contribution in [0.5, 0.6) is 5.75 Å². The fourth-order valence-corrected chi connectivity index (χ4v) is 4.39. The second-order valence-corrected chi connectivity index (χ2v) is 6.84. The van der Waals surface area contributed by atoms with Crippen molar-refractivity contribution in [1.29, 1.82) is 0 Å². The molecule has 0 N–H and O–H groups in total. The normalized spacial score (nSPS) is 11.0. The van der Waals surface area contributed by atoms with Gasteiger partial charge >= 0.3 is 0 Å². The first-order valence-corrected chi connectivity index (χ1v) is 8.08. The molecular formula is C14H8Br2FNOS. The summed E-state index contributed by atoms with van der Waals surface area (Å²) >= 11 is 8.41. The van der Waals surface area contributed by atoms with Crippen molar-refractivity contribution in [3.05, 3.63) is 45.1 Å². The van der Waals surface area contributed by atoms with Crippen LogP contribution in [-0.2, 0) is 0 Å². The molecule has 2 aromatic carbocycles. The van der Waals surface area contributed by atoms with E-state index in [0.29, 0.717) is 0 Å². The number of benzene rings is 2. The summed E-state index contributed by atoms with van der Waals surface area (Å²) < 4.78 is 21.0. The van der Waals surface area contributed by atoms with Gasteiger partial charge in [-0.25, -0.2) is 9.37 Å². The Morgan fingerprint density at radius 1 is 1.15 bits per heavy atom. The molecule has 0 aliphatic carbocycles. The van der Waals surface area contributed by atoms with Crippen molar-refractivity contribution >= 4 is 53.4 Å². The number of rotatable bonds is 2. The van der Waals surface area contributed by atoms with Crippen molar-refractivity contribution in [3.8, 4) is 16.3 Å². The van der Waals surface area contributed by atoms with Crippen molar-refractivity contribution in [3.63, 3.8) is 0 Å². The second-order valence-electron chi connectivity index (χ2n) is 4.10. The molecule has 0 radical (unpaired) electrons. The molecule has 20 heavy (non-hydrogen) atoms. The summed E-state index contributed by atoms with van der Waals surface area (Å²) in [6.45, 7) is 0. The Balaban J connectivity index is 2.15. The fraction of sp³-hybridized carbons (Fsp3) is 0.0714. The molecule has 0 aliphatic rings. The lowest BCUT2D eigenvalue weighted by atomic mass is 10.2. The van der Waals surface area contributed by atoms with Crippen LogP contribution in [0.4, 0.5) is 4.39 Å². The van der Waals surface area contributed by atoms with Crippen LogP contribution in [0.1, 0.15) is 0 Å². The van der Waals surface area contributed by atoms with Gasteiger partial charge in [0.1, 0.15) is 16.6 Å². The van der Waals surface area contributed by atoms with E-state index in [4.69, 9.17) is 4.74 Å².